The summed E-state index contributed by atoms with van der Waals surface area (Å²) < 4.78 is 6.10. The molecule has 1 saturated heterocycles. The lowest BCUT2D eigenvalue weighted by Gasteiger charge is -2.37. The normalized spacial score (nSPS) is 27.8. The lowest BCUT2D eigenvalue weighted by Crippen LogP contribution is -2.29. The van der Waals surface area contributed by atoms with Crippen molar-refractivity contribution in [2.24, 2.45) is 5.92 Å². The van der Waals surface area contributed by atoms with Crippen LogP contribution in [0.3, 0.4) is 0 Å². The van der Waals surface area contributed by atoms with Crippen molar-refractivity contribution in [2.75, 3.05) is 11.9 Å². The van der Waals surface area contributed by atoms with E-state index in [1.165, 1.54) is 27.3 Å². The number of benzene rings is 1. The lowest BCUT2D eigenvalue weighted by molar-refractivity contribution is 0.0827. The topological polar surface area (TPSA) is 21.3 Å². The fourth-order valence-electron chi connectivity index (χ4n) is 3.75. The van der Waals surface area contributed by atoms with Gasteiger partial charge >= 0.3 is 0 Å². The van der Waals surface area contributed by atoms with E-state index in [-0.39, 0.29) is 6.10 Å². The van der Waals surface area contributed by atoms with Crippen molar-refractivity contribution in [2.45, 2.75) is 32.4 Å². The lowest BCUT2D eigenvalue weighted by atomic mass is 9.81. The Kier molecular flexibility index (Phi) is 2.86. The minimum Gasteiger partial charge on any atom is -0.377 e. The molecule has 0 saturated carbocycles. The van der Waals surface area contributed by atoms with Crippen LogP contribution in [0.25, 0.3) is 0 Å². The van der Waals surface area contributed by atoms with Crippen LogP contribution in [0, 0.1) is 19.8 Å². The molecular weight excluding hydrogens is 266 g/mol. The number of ether oxygens (including phenoxy) is 1. The van der Waals surface area contributed by atoms with E-state index in [1.54, 1.807) is 0 Å². The molecule has 0 aliphatic carbocycles. The molecule has 3 heteroatoms. The summed E-state index contributed by atoms with van der Waals surface area (Å²) in [7, 11) is 0. The molecule has 0 amide bonds. The zero-order chi connectivity index (χ0) is 13.7. The average Bonchev–Trinajstić information content (AvgIpc) is 3.08. The number of hydrogen-bond acceptors (Lipinski definition) is 3. The molecule has 1 fully saturated rings. The van der Waals surface area contributed by atoms with E-state index >= 15 is 0 Å². The van der Waals surface area contributed by atoms with Crippen LogP contribution in [0.15, 0.2) is 29.6 Å². The molecule has 2 nitrogen and oxygen atoms in total. The van der Waals surface area contributed by atoms with Gasteiger partial charge in [0.1, 0.15) is 0 Å². The van der Waals surface area contributed by atoms with Crippen LogP contribution in [-0.4, -0.2) is 6.61 Å². The van der Waals surface area contributed by atoms with Crippen molar-refractivity contribution in [1.29, 1.82) is 0 Å². The van der Waals surface area contributed by atoms with Crippen LogP contribution in [0.2, 0.25) is 0 Å². The molecule has 0 unspecified atom stereocenters. The SMILES string of the molecule is Cc1cc(C)c2c(c1)N[C@H](c1cccs1)[C@@H]1CCO[C@@H]21. The molecule has 3 heterocycles. The third kappa shape index (κ3) is 1.80. The van der Waals surface area contributed by atoms with Crippen LogP contribution >= 0.6 is 11.3 Å². The Morgan fingerprint density at radius 2 is 2.20 bits per heavy atom. The highest BCUT2D eigenvalue weighted by atomic mass is 32.1. The Hall–Kier alpha value is -1.32. The number of thiophene rings is 1. The first kappa shape index (κ1) is 12.4. The summed E-state index contributed by atoms with van der Waals surface area (Å²) in [4.78, 5) is 1.43. The van der Waals surface area contributed by atoms with Crippen LogP contribution < -0.4 is 5.32 Å². The first-order valence-corrected chi connectivity index (χ1v) is 8.14. The third-order valence-corrected chi connectivity index (χ3v) is 5.50. The van der Waals surface area contributed by atoms with Gasteiger partial charge in [0, 0.05) is 28.7 Å². The van der Waals surface area contributed by atoms with Gasteiger partial charge in [-0.1, -0.05) is 12.1 Å². The van der Waals surface area contributed by atoms with Crippen molar-refractivity contribution in [3.8, 4) is 0 Å². The maximum Gasteiger partial charge on any atom is 0.0899 e. The van der Waals surface area contributed by atoms with Gasteiger partial charge in [-0.05, 0) is 48.9 Å². The quantitative estimate of drug-likeness (QED) is 0.826. The molecular formula is C17H19NOS. The Labute approximate surface area is 123 Å². The standard InChI is InChI=1S/C17H19NOS/c1-10-8-11(2)15-13(9-10)18-16(14-4-3-7-20-14)12-5-6-19-17(12)15/h3-4,7-9,12,16-18H,5-6H2,1-2H3/t12-,16-,17+/m0/s1. The molecule has 3 atom stereocenters. The second-order valence-electron chi connectivity index (χ2n) is 5.92. The van der Waals surface area contributed by atoms with Gasteiger partial charge in [-0.3, -0.25) is 0 Å². The molecule has 0 bridgehead atoms. The number of anilines is 1. The van der Waals surface area contributed by atoms with Gasteiger partial charge in [-0.15, -0.1) is 11.3 Å². The maximum absolute atomic E-state index is 6.10. The molecule has 104 valence electrons. The number of rotatable bonds is 1. The van der Waals surface area contributed by atoms with Crippen molar-refractivity contribution in [1.82, 2.24) is 0 Å². The molecule has 2 aliphatic heterocycles. The van der Waals surface area contributed by atoms with Crippen molar-refractivity contribution < 1.29 is 4.74 Å². The van der Waals surface area contributed by atoms with E-state index in [0.29, 0.717) is 12.0 Å². The van der Waals surface area contributed by atoms with Gasteiger partial charge in [0.2, 0.25) is 0 Å². The van der Waals surface area contributed by atoms with E-state index in [1.807, 2.05) is 11.3 Å². The summed E-state index contributed by atoms with van der Waals surface area (Å²) in [6.45, 7) is 5.25. The fourth-order valence-corrected chi connectivity index (χ4v) is 4.60. The van der Waals surface area contributed by atoms with Crippen molar-refractivity contribution >= 4 is 17.0 Å². The summed E-state index contributed by atoms with van der Waals surface area (Å²) >= 11 is 1.84. The molecule has 0 spiro atoms. The van der Waals surface area contributed by atoms with Crippen LogP contribution in [0.1, 0.15) is 40.1 Å². The average molecular weight is 285 g/mol. The van der Waals surface area contributed by atoms with Gasteiger partial charge in [0.15, 0.2) is 0 Å². The minimum atomic E-state index is 0.263. The molecule has 4 rings (SSSR count). The molecule has 0 radical (unpaired) electrons. The predicted octanol–water partition coefficient (Wildman–Crippen LogP) is 4.61. The van der Waals surface area contributed by atoms with E-state index in [4.69, 9.17) is 4.74 Å². The van der Waals surface area contributed by atoms with Gasteiger partial charge in [-0.25, -0.2) is 0 Å². The largest absolute Gasteiger partial charge is 0.377 e. The second kappa shape index (κ2) is 4.61. The Bertz CT molecular complexity index is 635. The Morgan fingerprint density at radius 1 is 1.30 bits per heavy atom. The summed E-state index contributed by atoms with van der Waals surface area (Å²) in [6, 6.07) is 9.32. The van der Waals surface area contributed by atoms with Gasteiger partial charge < -0.3 is 10.1 Å². The zero-order valence-corrected chi connectivity index (χ0v) is 12.7. The first-order valence-electron chi connectivity index (χ1n) is 7.27. The molecule has 20 heavy (non-hydrogen) atoms. The molecule has 1 N–H and O–H groups in total. The van der Waals surface area contributed by atoms with E-state index in [9.17, 15) is 0 Å². The first-order chi connectivity index (χ1) is 9.74. The monoisotopic (exact) mass is 285 g/mol. The Morgan fingerprint density at radius 3 is 3.00 bits per heavy atom. The van der Waals surface area contributed by atoms with Crippen LogP contribution in [0.5, 0.6) is 0 Å². The smallest absolute Gasteiger partial charge is 0.0899 e. The van der Waals surface area contributed by atoms with Crippen LogP contribution in [0.4, 0.5) is 5.69 Å². The Balaban J connectivity index is 1.84. The number of hydrogen-bond donors (Lipinski definition) is 1. The zero-order valence-electron chi connectivity index (χ0n) is 11.8. The number of nitrogens with one attached hydrogen (secondary N) is 1. The summed E-state index contributed by atoms with van der Waals surface area (Å²) in [6.07, 6.45) is 1.41. The molecule has 1 aromatic heterocycles. The molecule has 2 aliphatic rings. The van der Waals surface area contributed by atoms with Gasteiger partial charge in [0.25, 0.3) is 0 Å². The second-order valence-corrected chi connectivity index (χ2v) is 6.90. The van der Waals surface area contributed by atoms with E-state index in [2.05, 4.69) is 48.8 Å². The highest BCUT2D eigenvalue weighted by Gasteiger charge is 2.42. The van der Waals surface area contributed by atoms with E-state index in [0.717, 1.165) is 13.0 Å². The van der Waals surface area contributed by atoms with Gasteiger partial charge in [-0.2, -0.15) is 0 Å². The van der Waals surface area contributed by atoms with Gasteiger partial charge in [0.05, 0.1) is 12.1 Å². The minimum absolute atomic E-state index is 0.263. The number of aryl methyl sites for hydroxylation is 2. The predicted molar refractivity (Wildman–Crippen MR) is 83.4 cm³/mol. The molecule has 1 aromatic carbocycles. The maximum atomic E-state index is 6.10. The van der Waals surface area contributed by atoms with Crippen LogP contribution in [-0.2, 0) is 4.74 Å². The summed E-state index contributed by atoms with van der Waals surface area (Å²) in [5.74, 6) is 0.558. The third-order valence-electron chi connectivity index (χ3n) is 4.54. The highest BCUT2D eigenvalue weighted by molar-refractivity contribution is 7.10. The van der Waals surface area contributed by atoms with E-state index < -0.39 is 0 Å². The van der Waals surface area contributed by atoms with Crippen molar-refractivity contribution in [3.63, 3.8) is 0 Å². The fraction of sp³-hybridized carbons (Fsp3) is 0.412. The summed E-state index contributed by atoms with van der Waals surface area (Å²) in [5, 5.41) is 5.95. The van der Waals surface area contributed by atoms with Crippen molar-refractivity contribution in [3.05, 3.63) is 51.2 Å². The molecule has 2 aromatic rings. The summed E-state index contributed by atoms with van der Waals surface area (Å²) in [5.41, 5.74) is 5.32. The highest BCUT2D eigenvalue weighted by Crippen LogP contribution is 2.51. The number of fused-ring (bicyclic) bond motifs is 3.